The number of halogens is 2. The van der Waals surface area contributed by atoms with Gasteiger partial charge in [-0.05, 0) is 42.5 Å². The van der Waals surface area contributed by atoms with E-state index in [1.807, 2.05) is 0 Å². The molecule has 4 aromatic rings. The van der Waals surface area contributed by atoms with Gasteiger partial charge < -0.3 is 34.7 Å². The Morgan fingerprint density at radius 1 is 1.06 bits per heavy atom. The maximum Gasteiger partial charge on any atom is 0.319 e. The molecule has 0 amide bonds. The van der Waals surface area contributed by atoms with Crippen LogP contribution in [-0.4, -0.2) is 90.8 Å². The van der Waals surface area contributed by atoms with Gasteiger partial charge in [-0.15, -0.1) is 11.3 Å². The number of nitrogens with zero attached hydrogens (tertiary/aromatic N) is 5. The van der Waals surface area contributed by atoms with Crippen LogP contribution in [0.2, 0.25) is 0 Å². The van der Waals surface area contributed by atoms with Crippen LogP contribution >= 0.6 is 11.3 Å². The van der Waals surface area contributed by atoms with Crippen molar-refractivity contribution in [3.63, 3.8) is 0 Å². The predicted molar refractivity (Wildman–Crippen MR) is 171 cm³/mol. The Morgan fingerprint density at radius 2 is 1.87 bits per heavy atom. The van der Waals surface area contributed by atoms with Gasteiger partial charge in [-0.1, -0.05) is 0 Å². The van der Waals surface area contributed by atoms with Crippen LogP contribution in [0.3, 0.4) is 0 Å². The van der Waals surface area contributed by atoms with Gasteiger partial charge in [-0.25, -0.2) is 8.78 Å². The van der Waals surface area contributed by atoms with Crippen molar-refractivity contribution in [3.05, 3.63) is 40.5 Å². The van der Waals surface area contributed by atoms with Gasteiger partial charge in [0, 0.05) is 59.5 Å². The largest absolute Gasteiger partial charge is 0.461 e. The Labute approximate surface area is 273 Å². The number of benzene rings is 2. The van der Waals surface area contributed by atoms with Crippen LogP contribution in [0.25, 0.3) is 32.1 Å². The first-order valence-corrected chi connectivity index (χ1v) is 16.8. The fourth-order valence-corrected chi connectivity index (χ4v) is 8.59. The van der Waals surface area contributed by atoms with Gasteiger partial charge in [0.25, 0.3) is 0 Å². The summed E-state index contributed by atoms with van der Waals surface area (Å²) < 4.78 is 57.1. The van der Waals surface area contributed by atoms with Crippen LogP contribution in [0.4, 0.5) is 19.6 Å². The number of ether oxygens (including phenoxy) is 4. The van der Waals surface area contributed by atoms with E-state index in [1.54, 1.807) is 6.07 Å². The van der Waals surface area contributed by atoms with Crippen molar-refractivity contribution in [2.45, 2.75) is 50.7 Å². The molecular formula is C33H34F2N6O5S. The fraction of sp³-hybridized carbons (Fsp3) is 0.485. The third-order valence-corrected chi connectivity index (χ3v) is 10.7. The number of likely N-dealkylation sites (tertiary alicyclic amines) is 1. The summed E-state index contributed by atoms with van der Waals surface area (Å²) in [6.07, 6.45) is 2.26. The summed E-state index contributed by atoms with van der Waals surface area (Å²) in [7, 11) is 0. The molecule has 0 radical (unpaired) electrons. The van der Waals surface area contributed by atoms with Crippen LogP contribution in [0, 0.1) is 23.0 Å². The number of aromatic nitrogens is 2. The van der Waals surface area contributed by atoms with Gasteiger partial charge >= 0.3 is 6.01 Å². The van der Waals surface area contributed by atoms with E-state index in [2.05, 4.69) is 20.9 Å². The SMILES string of the molecule is N#Cc1c(N)sc2ccc(F)c(-c3c4c(c5c(N6C7CCC6CN(CCCO)C7)nc(OCC6COCCO6)nc5c3F)COC4)c12. The van der Waals surface area contributed by atoms with Crippen molar-refractivity contribution in [2.24, 2.45) is 0 Å². The average molecular weight is 665 g/mol. The molecule has 2 aromatic heterocycles. The standard InChI is InChI=1S/C33H34F2N6O5S/c34-23-4-5-24-25(20(10-36)31(37)47-24)28(23)26-21-15-44-16-22(21)27-30(29(26)35)38-33(46-14-19-13-43-8-9-45-19)39-32(27)41-17-2-3-18(41)12-40(11-17)6-1-7-42/h4-5,17-19,42H,1-3,6-9,11-16,37H2. The maximum atomic E-state index is 17.3. The summed E-state index contributed by atoms with van der Waals surface area (Å²) in [5.74, 6) is -0.830. The first kappa shape index (κ1) is 30.6. The minimum Gasteiger partial charge on any atom is -0.461 e. The van der Waals surface area contributed by atoms with Gasteiger partial charge in [-0.3, -0.25) is 4.90 Å². The highest BCUT2D eigenvalue weighted by Gasteiger charge is 2.43. The van der Waals surface area contributed by atoms with E-state index >= 15 is 8.78 Å². The Kier molecular flexibility index (Phi) is 8.07. The topological polar surface area (TPSA) is 139 Å². The summed E-state index contributed by atoms with van der Waals surface area (Å²) in [4.78, 5) is 14.2. The second-order valence-electron chi connectivity index (χ2n) is 12.4. The van der Waals surface area contributed by atoms with E-state index in [9.17, 15) is 10.4 Å². The van der Waals surface area contributed by atoms with Crippen molar-refractivity contribution >= 4 is 43.1 Å². The third kappa shape index (κ3) is 5.16. The van der Waals surface area contributed by atoms with E-state index in [0.717, 1.165) is 43.8 Å². The molecule has 3 saturated heterocycles. The number of nitriles is 1. The predicted octanol–water partition coefficient (Wildman–Crippen LogP) is 4.10. The number of fused-ring (bicyclic) bond motifs is 6. The second-order valence-corrected chi connectivity index (χ2v) is 13.5. The molecule has 4 aliphatic heterocycles. The zero-order valence-electron chi connectivity index (χ0n) is 25.6. The zero-order valence-corrected chi connectivity index (χ0v) is 26.5. The molecule has 3 atom stereocenters. The average Bonchev–Trinajstić information content (AvgIpc) is 3.77. The van der Waals surface area contributed by atoms with E-state index in [0.29, 0.717) is 53.3 Å². The quantitative estimate of drug-likeness (QED) is 0.282. The Morgan fingerprint density at radius 3 is 2.62 bits per heavy atom. The van der Waals surface area contributed by atoms with Gasteiger partial charge in [0.2, 0.25) is 0 Å². The lowest BCUT2D eigenvalue weighted by Crippen LogP contribution is -2.54. The van der Waals surface area contributed by atoms with Gasteiger partial charge in [-0.2, -0.15) is 15.2 Å². The summed E-state index contributed by atoms with van der Waals surface area (Å²) in [5, 5.41) is 20.4. The molecule has 2 bridgehead atoms. The van der Waals surface area contributed by atoms with Crippen LogP contribution in [0.5, 0.6) is 6.01 Å². The number of thiophene rings is 1. The number of aliphatic hydroxyl groups excluding tert-OH is 1. The molecule has 8 rings (SSSR count). The van der Waals surface area contributed by atoms with Crippen molar-refractivity contribution in [2.75, 3.05) is 63.3 Å². The van der Waals surface area contributed by atoms with E-state index in [1.165, 1.54) is 6.07 Å². The highest BCUT2D eigenvalue weighted by molar-refractivity contribution is 7.23. The van der Waals surface area contributed by atoms with E-state index < -0.39 is 11.6 Å². The fourth-order valence-electron chi connectivity index (χ4n) is 7.66. The number of nitrogens with two attached hydrogens (primary N) is 1. The second kappa shape index (κ2) is 12.4. The van der Waals surface area contributed by atoms with Gasteiger partial charge in [0.05, 0.1) is 44.0 Å². The van der Waals surface area contributed by atoms with Crippen molar-refractivity contribution in [1.82, 2.24) is 14.9 Å². The molecule has 3 fully saturated rings. The molecule has 0 spiro atoms. The van der Waals surface area contributed by atoms with Crippen LogP contribution in [0.1, 0.15) is 36.0 Å². The number of hydrogen-bond acceptors (Lipinski definition) is 12. The first-order valence-electron chi connectivity index (χ1n) is 15.9. The van der Waals surface area contributed by atoms with E-state index in [-0.39, 0.29) is 83.2 Å². The molecule has 0 aliphatic carbocycles. The third-order valence-electron chi connectivity index (χ3n) is 9.67. The summed E-state index contributed by atoms with van der Waals surface area (Å²) in [6.45, 7) is 4.17. The number of rotatable bonds is 8. The number of hydrogen-bond donors (Lipinski definition) is 2. The lowest BCUT2D eigenvalue weighted by molar-refractivity contribution is -0.102. The molecular weight excluding hydrogens is 630 g/mol. The Hall–Kier alpha value is -3.71. The minimum absolute atomic E-state index is 0.00489. The smallest absolute Gasteiger partial charge is 0.319 e. The van der Waals surface area contributed by atoms with Gasteiger partial charge in [0.1, 0.15) is 40.9 Å². The molecule has 47 heavy (non-hydrogen) atoms. The summed E-state index contributed by atoms with van der Waals surface area (Å²) in [5.41, 5.74) is 7.48. The molecule has 6 heterocycles. The number of anilines is 2. The van der Waals surface area contributed by atoms with Crippen molar-refractivity contribution in [3.8, 4) is 23.2 Å². The van der Waals surface area contributed by atoms with E-state index in [4.69, 9.17) is 29.7 Å². The molecule has 246 valence electrons. The zero-order chi connectivity index (χ0) is 32.2. The van der Waals surface area contributed by atoms with Crippen LogP contribution < -0.4 is 15.4 Å². The Bertz CT molecular complexity index is 1900. The molecule has 3 unspecified atom stereocenters. The monoisotopic (exact) mass is 664 g/mol. The van der Waals surface area contributed by atoms with Gasteiger partial charge in [0.15, 0.2) is 5.82 Å². The highest BCUT2D eigenvalue weighted by Crippen LogP contribution is 2.49. The van der Waals surface area contributed by atoms with Crippen LogP contribution in [-0.2, 0) is 27.4 Å². The molecule has 14 heteroatoms. The molecule has 4 aliphatic rings. The molecule has 2 aromatic carbocycles. The molecule has 0 saturated carbocycles. The lowest BCUT2D eigenvalue weighted by Gasteiger charge is -2.42. The molecule has 11 nitrogen and oxygen atoms in total. The minimum atomic E-state index is -0.732. The maximum absolute atomic E-state index is 17.3. The summed E-state index contributed by atoms with van der Waals surface area (Å²) in [6, 6.07) is 5.16. The van der Waals surface area contributed by atoms with Crippen molar-refractivity contribution in [1.29, 1.82) is 5.26 Å². The van der Waals surface area contributed by atoms with Crippen LogP contribution in [0.15, 0.2) is 12.1 Å². The van der Waals surface area contributed by atoms with Crippen molar-refractivity contribution < 1.29 is 32.8 Å². The number of aliphatic hydroxyl groups is 1. The molecule has 3 N–H and O–H groups in total. The number of nitrogen functional groups attached to an aromatic ring is 1. The Balaban J connectivity index is 1.33. The highest BCUT2D eigenvalue weighted by atomic mass is 32.1. The summed E-state index contributed by atoms with van der Waals surface area (Å²) >= 11 is 1.16. The number of piperazine rings is 1. The lowest BCUT2D eigenvalue weighted by atomic mass is 9.90. The normalized spacial score (nSPS) is 22.7. The first-order chi connectivity index (χ1) is 23.0.